The highest BCUT2D eigenvalue weighted by atomic mass is 16.2. The van der Waals surface area contributed by atoms with Crippen LogP contribution in [0, 0.1) is 11.3 Å². The molecule has 0 aromatic heterocycles. The summed E-state index contributed by atoms with van der Waals surface area (Å²) >= 11 is 0. The van der Waals surface area contributed by atoms with Crippen molar-refractivity contribution >= 4 is 5.91 Å². The highest BCUT2D eigenvalue weighted by Crippen LogP contribution is 2.38. The minimum Gasteiger partial charge on any atom is -0.354 e. The zero-order valence-electron chi connectivity index (χ0n) is 12.5. The molecule has 1 amide bonds. The Balaban J connectivity index is 1.69. The normalized spacial score (nSPS) is 22.6. The Bertz CT molecular complexity index is 292. The van der Waals surface area contributed by atoms with Crippen molar-refractivity contribution in [1.82, 2.24) is 15.5 Å². The number of amides is 1. The van der Waals surface area contributed by atoms with Crippen molar-refractivity contribution in [3.8, 4) is 0 Å². The molecular weight excluding hydrogens is 238 g/mol. The van der Waals surface area contributed by atoms with Crippen molar-refractivity contribution in [2.45, 2.75) is 39.5 Å². The number of rotatable bonds is 5. The topological polar surface area (TPSA) is 44.4 Å². The van der Waals surface area contributed by atoms with Crippen LogP contribution >= 0.6 is 0 Å². The molecule has 0 radical (unpaired) electrons. The Morgan fingerprint density at radius 3 is 2.53 bits per heavy atom. The maximum Gasteiger partial charge on any atom is 0.234 e. The van der Waals surface area contributed by atoms with Crippen molar-refractivity contribution in [2.24, 2.45) is 11.3 Å². The van der Waals surface area contributed by atoms with Gasteiger partial charge in [-0.25, -0.2) is 0 Å². The van der Waals surface area contributed by atoms with Gasteiger partial charge in [-0.05, 0) is 24.2 Å². The van der Waals surface area contributed by atoms with E-state index in [1.165, 1.54) is 25.7 Å². The first-order chi connectivity index (χ1) is 9.08. The number of hydrogen-bond acceptors (Lipinski definition) is 3. The number of carbonyl (C=O) groups excluding carboxylic acids is 1. The fraction of sp³-hybridized carbons (Fsp3) is 0.933. The van der Waals surface area contributed by atoms with E-state index in [0.717, 1.165) is 38.6 Å². The lowest BCUT2D eigenvalue weighted by atomic mass is 9.78. The lowest BCUT2D eigenvalue weighted by Crippen LogP contribution is -2.48. The Kier molecular flexibility index (Phi) is 5.22. The van der Waals surface area contributed by atoms with E-state index in [0.29, 0.717) is 6.54 Å². The molecule has 4 nitrogen and oxygen atoms in total. The molecule has 0 spiro atoms. The number of piperazine rings is 1. The highest BCUT2D eigenvalue weighted by Gasteiger charge is 2.32. The number of hydrogen-bond donors (Lipinski definition) is 2. The predicted molar refractivity (Wildman–Crippen MR) is 78.1 cm³/mol. The van der Waals surface area contributed by atoms with Crippen molar-refractivity contribution in [2.75, 3.05) is 39.3 Å². The molecule has 4 heteroatoms. The summed E-state index contributed by atoms with van der Waals surface area (Å²) in [5, 5.41) is 6.45. The van der Waals surface area contributed by atoms with Gasteiger partial charge >= 0.3 is 0 Å². The summed E-state index contributed by atoms with van der Waals surface area (Å²) in [6.45, 7) is 9.95. The van der Waals surface area contributed by atoms with Crippen LogP contribution in [0.1, 0.15) is 39.5 Å². The van der Waals surface area contributed by atoms with Gasteiger partial charge in [0.1, 0.15) is 0 Å². The standard InChI is InChI=1S/C15H29N3O/c1-15(2,13-5-3-4-6-13)12-17-14(19)11-18-9-7-16-8-10-18/h13,16H,3-12H2,1-2H3,(H,17,19). The van der Waals surface area contributed by atoms with Crippen molar-refractivity contribution in [3.05, 3.63) is 0 Å². The number of nitrogens with one attached hydrogen (secondary N) is 2. The quantitative estimate of drug-likeness (QED) is 0.787. The predicted octanol–water partition coefficient (Wildman–Crippen LogP) is 1.22. The summed E-state index contributed by atoms with van der Waals surface area (Å²) in [4.78, 5) is 14.2. The molecule has 19 heavy (non-hydrogen) atoms. The molecule has 1 saturated heterocycles. The van der Waals surface area contributed by atoms with E-state index in [-0.39, 0.29) is 11.3 Å². The van der Waals surface area contributed by atoms with Gasteiger partial charge in [0, 0.05) is 32.7 Å². The maximum atomic E-state index is 12.0. The average Bonchev–Trinajstić information content (AvgIpc) is 2.92. The van der Waals surface area contributed by atoms with Crippen LogP contribution in [0.25, 0.3) is 0 Å². The monoisotopic (exact) mass is 267 g/mol. The van der Waals surface area contributed by atoms with Gasteiger partial charge in [0.25, 0.3) is 0 Å². The average molecular weight is 267 g/mol. The van der Waals surface area contributed by atoms with E-state index in [1.807, 2.05) is 0 Å². The van der Waals surface area contributed by atoms with Gasteiger partial charge in [-0.2, -0.15) is 0 Å². The zero-order chi connectivity index (χ0) is 13.7. The Morgan fingerprint density at radius 1 is 1.26 bits per heavy atom. The van der Waals surface area contributed by atoms with E-state index < -0.39 is 0 Å². The molecule has 110 valence electrons. The highest BCUT2D eigenvalue weighted by molar-refractivity contribution is 5.78. The molecule has 0 aromatic carbocycles. The van der Waals surface area contributed by atoms with E-state index in [4.69, 9.17) is 0 Å². The van der Waals surface area contributed by atoms with Crippen molar-refractivity contribution in [3.63, 3.8) is 0 Å². The minimum absolute atomic E-state index is 0.188. The fourth-order valence-corrected chi connectivity index (χ4v) is 3.31. The number of carbonyl (C=O) groups is 1. The van der Waals surface area contributed by atoms with E-state index in [1.54, 1.807) is 0 Å². The van der Waals surface area contributed by atoms with Gasteiger partial charge < -0.3 is 10.6 Å². The second-order valence-corrected chi connectivity index (χ2v) is 6.77. The van der Waals surface area contributed by atoms with Crippen LogP contribution < -0.4 is 10.6 Å². The molecule has 0 unspecified atom stereocenters. The van der Waals surface area contributed by atoms with E-state index in [2.05, 4.69) is 29.4 Å². The van der Waals surface area contributed by atoms with Crippen molar-refractivity contribution in [1.29, 1.82) is 0 Å². The summed E-state index contributed by atoms with van der Waals surface area (Å²) < 4.78 is 0. The van der Waals surface area contributed by atoms with E-state index >= 15 is 0 Å². The minimum atomic E-state index is 0.188. The van der Waals surface area contributed by atoms with Gasteiger partial charge in [0.2, 0.25) is 5.91 Å². The Labute approximate surface area is 117 Å². The third-order valence-electron chi connectivity index (χ3n) is 4.78. The second kappa shape index (κ2) is 6.71. The third-order valence-corrected chi connectivity index (χ3v) is 4.78. The third kappa shape index (κ3) is 4.46. The van der Waals surface area contributed by atoms with Gasteiger partial charge in [-0.15, -0.1) is 0 Å². The molecule has 1 aliphatic carbocycles. The summed E-state index contributed by atoms with van der Waals surface area (Å²) in [6.07, 6.45) is 5.40. The van der Waals surface area contributed by atoms with Crippen LogP contribution in [0.4, 0.5) is 0 Å². The summed E-state index contributed by atoms with van der Waals surface area (Å²) in [5.41, 5.74) is 0.246. The van der Waals surface area contributed by atoms with Gasteiger partial charge in [-0.3, -0.25) is 9.69 Å². The number of nitrogens with zero attached hydrogens (tertiary/aromatic N) is 1. The van der Waals surface area contributed by atoms with Crippen LogP contribution in [0.5, 0.6) is 0 Å². The SMILES string of the molecule is CC(C)(CNC(=O)CN1CCNCC1)C1CCCC1. The van der Waals surface area contributed by atoms with E-state index in [9.17, 15) is 4.79 Å². The summed E-state index contributed by atoms with van der Waals surface area (Å²) in [6, 6.07) is 0. The molecule has 1 saturated carbocycles. The molecular formula is C15H29N3O. The summed E-state index contributed by atoms with van der Waals surface area (Å²) in [5.74, 6) is 0.972. The molecule has 0 aromatic rings. The molecule has 0 bridgehead atoms. The maximum absolute atomic E-state index is 12.0. The first kappa shape index (κ1) is 14.8. The summed E-state index contributed by atoms with van der Waals surface area (Å²) in [7, 11) is 0. The smallest absolute Gasteiger partial charge is 0.234 e. The van der Waals surface area contributed by atoms with Crippen molar-refractivity contribution < 1.29 is 4.79 Å². The first-order valence-corrected chi connectivity index (χ1v) is 7.78. The molecule has 2 rings (SSSR count). The Morgan fingerprint density at radius 2 is 1.89 bits per heavy atom. The first-order valence-electron chi connectivity index (χ1n) is 7.78. The van der Waals surface area contributed by atoms with Crippen LogP contribution in [0.15, 0.2) is 0 Å². The van der Waals surface area contributed by atoms with Gasteiger partial charge in [0.05, 0.1) is 6.54 Å². The molecule has 2 aliphatic rings. The lowest BCUT2D eigenvalue weighted by Gasteiger charge is -2.32. The fourth-order valence-electron chi connectivity index (χ4n) is 3.31. The van der Waals surface area contributed by atoms with Crippen LogP contribution in [-0.2, 0) is 4.79 Å². The van der Waals surface area contributed by atoms with Gasteiger partial charge in [0.15, 0.2) is 0 Å². The van der Waals surface area contributed by atoms with Crippen LogP contribution in [0.3, 0.4) is 0 Å². The molecule has 2 N–H and O–H groups in total. The second-order valence-electron chi connectivity index (χ2n) is 6.77. The van der Waals surface area contributed by atoms with Crippen LogP contribution in [0.2, 0.25) is 0 Å². The lowest BCUT2D eigenvalue weighted by molar-refractivity contribution is -0.123. The Hall–Kier alpha value is -0.610. The molecule has 1 aliphatic heterocycles. The molecule has 2 fully saturated rings. The largest absolute Gasteiger partial charge is 0.354 e. The molecule has 0 atom stereocenters. The molecule has 1 heterocycles. The van der Waals surface area contributed by atoms with Gasteiger partial charge in [-0.1, -0.05) is 26.7 Å². The zero-order valence-corrected chi connectivity index (χ0v) is 12.5. The van der Waals surface area contributed by atoms with Crippen LogP contribution in [-0.4, -0.2) is 50.1 Å².